The zero-order chi connectivity index (χ0) is 38.5. The molecule has 0 amide bonds. The van der Waals surface area contributed by atoms with Crippen molar-refractivity contribution in [3.8, 4) is 22.3 Å². The Morgan fingerprint density at radius 2 is 1.21 bits per heavy atom. The van der Waals surface area contributed by atoms with Crippen molar-refractivity contribution >= 4 is 98.1 Å². The van der Waals surface area contributed by atoms with Gasteiger partial charge in [-0.1, -0.05) is 126 Å². The summed E-state index contributed by atoms with van der Waals surface area (Å²) in [5, 5.41) is 5.46. The third-order valence-electron chi connectivity index (χ3n) is 14.8. The van der Waals surface area contributed by atoms with Crippen molar-refractivity contribution in [1.29, 1.82) is 0 Å². The molecule has 2 aliphatic heterocycles. The van der Waals surface area contributed by atoms with E-state index in [1.807, 2.05) is 22.7 Å². The maximum Gasteiger partial charge on any atom is 0.334 e. The van der Waals surface area contributed by atoms with E-state index in [4.69, 9.17) is 0 Å². The predicted molar refractivity (Wildman–Crippen MR) is 248 cm³/mol. The number of benzene rings is 6. The van der Waals surface area contributed by atoms with Gasteiger partial charge in [-0.2, -0.15) is 0 Å². The van der Waals surface area contributed by atoms with Crippen LogP contribution < -0.4 is 15.8 Å². The highest BCUT2D eigenvalue weighted by atomic mass is 32.1. The summed E-state index contributed by atoms with van der Waals surface area (Å²) in [7, 11) is 0. The van der Waals surface area contributed by atoms with Gasteiger partial charge in [-0.05, 0) is 110 Å². The molecule has 4 aliphatic rings. The molecule has 0 bridgehead atoms. The Bertz CT molecular complexity index is 3310. The number of aryl methyl sites for hydroxylation is 1. The van der Waals surface area contributed by atoms with E-state index >= 15 is 0 Å². The topological polar surface area (TPSA) is 8.17 Å². The fraction of sp³-hybridized carbons (Fsp3) is 0.231. The van der Waals surface area contributed by atoms with E-state index in [0.29, 0.717) is 0 Å². The second kappa shape index (κ2) is 10.5. The Morgan fingerprint density at radius 3 is 2.00 bits per heavy atom. The first kappa shape index (κ1) is 32.9. The van der Waals surface area contributed by atoms with Crippen LogP contribution >= 0.6 is 22.7 Å². The number of anilines is 3. The van der Waals surface area contributed by atoms with Crippen LogP contribution in [0.4, 0.5) is 16.4 Å². The second-order valence-electron chi connectivity index (χ2n) is 19.1. The molecule has 13 rings (SSSR count). The normalized spacial score (nSPS) is 17.6. The van der Waals surface area contributed by atoms with Gasteiger partial charge in [0, 0.05) is 42.2 Å². The predicted octanol–water partition coefficient (Wildman–Crippen LogP) is 13.6. The van der Waals surface area contributed by atoms with Crippen molar-refractivity contribution in [1.82, 2.24) is 4.48 Å². The summed E-state index contributed by atoms with van der Waals surface area (Å²) in [6, 6.07) is 42.6. The minimum absolute atomic E-state index is 0.0137. The van der Waals surface area contributed by atoms with Crippen LogP contribution in [0.2, 0.25) is 0 Å². The lowest BCUT2D eigenvalue weighted by atomic mass is 9.45. The summed E-state index contributed by atoms with van der Waals surface area (Å²) in [5.41, 5.74) is 21.2. The van der Waals surface area contributed by atoms with Crippen LogP contribution in [-0.2, 0) is 16.2 Å². The quantitative estimate of drug-likeness (QED) is 0.151. The first-order valence-corrected chi connectivity index (χ1v) is 22.3. The highest BCUT2D eigenvalue weighted by molar-refractivity contribution is 7.27. The van der Waals surface area contributed by atoms with Crippen molar-refractivity contribution in [2.45, 2.75) is 77.6 Å². The van der Waals surface area contributed by atoms with Gasteiger partial charge >= 0.3 is 6.85 Å². The Balaban J connectivity index is 1.26. The first-order valence-electron chi connectivity index (χ1n) is 20.7. The van der Waals surface area contributed by atoms with Crippen LogP contribution in [0.15, 0.2) is 109 Å². The van der Waals surface area contributed by atoms with E-state index < -0.39 is 0 Å². The summed E-state index contributed by atoms with van der Waals surface area (Å²) in [6.07, 6.45) is 2.40. The van der Waals surface area contributed by atoms with Crippen molar-refractivity contribution in [2.24, 2.45) is 0 Å². The van der Waals surface area contributed by atoms with Crippen LogP contribution in [0.1, 0.15) is 82.2 Å². The van der Waals surface area contributed by atoms with Crippen LogP contribution in [0.5, 0.6) is 0 Å². The molecule has 0 saturated carbocycles. The van der Waals surface area contributed by atoms with Crippen molar-refractivity contribution < 1.29 is 0 Å². The molecule has 276 valence electrons. The van der Waals surface area contributed by atoms with Gasteiger partial charge in [0.25, 0.3) is 0 Å². The molecule has 0 N–H and O–H groups in total. The standard InChI is InChI=1S/C52H43BN2S2/c1-28-25-36-37(51(4,5)24-23-50(36,2)3)27-39(28)54-47-42-30-15-8-11-20-35(30)52(6,7)38(42)26-34-29-18-14-19-33-45(29)55(46-32-17-10-13-22-41(32)56-48(33)46)53(43(34)47)44-31-16-9-12-21-40(31)57-49(44)54/h8-22,25-27H,23-24H2,1-7H3. The van der Waals surface area contributed by atoms with Crippen LogP contribution in [0, 0.1) is 6.92 Å². The molecule has 3 aromatic heterocycles. The molecule has 6 aromatic carbocycles. The van der Waals surface area contributed by atoms with Gasteiger partial charge < -0.3 is 9.38 Å². The molecular formula is C52H43BN2S2. The van der Waals surface area contributed by atoms with Gasteiger partial charge in [0.1, 0.15) is 0 Å². The molecule has 0 spiro atoms. The van der Waals surface area contributed by atoms with E-state index in [9.17, 15) is 0 Å². The second-order valence-corrected chi connectivity index (χ2v) is 21.2. The molecule has 2 nitrogen and oxygen atoms in total. The van der Waals surface area contributed by atoms with Gasteiger partial charge in [0.2, 0.25) is 0 Å². The molecule has 0 atom stereocenters. The average Bonchev–Trinajstić information content (AvgIpc) is 3.92. The molecule has 0 radical (unpaired) electrons. The molecule has 0 saturated heterocycles. The molecular weight excluding hydrogens is 728 g/mol. The van der Waals surface area contributed by atoms with E-state index in [-0.39, 0.29) is 23.1 Å². The number of fused-ring (bicyclic) bond motifs is 16. The number of thiophene rings is 2. The van der Waals surface area contributed by atoms with Crippen molar-refractivity contribution in [3.63, 3.8) is 0 Å². The highest BCUT2D eigenvalue weighted by Gasteiger charge is 2.50. The van der Waals surface area contributed by atoms with Crippen molar-refractivity contribution in [2.75, 3.05) is 4.90 Å². The molecule has 0 fully saturated rings. The maximum absolute atomic E-state index is 2.80. The monoisotopic (exact) mass is 770 g/mol. The molecule has 5 heterocycles. The summed E-state index contributed by atoms with van der Waals surface area (Å²) in [6.45, 7) is 17.2. The zero-order valence-electron chi connectivity index (χ0n) is 33.6. The SMILES string of the molecule is Cc1cc2c(cc1N1c3sc4ccccc4c3B3c4c(cc5c(c41)-c1ccccc1C5(C)C)-c1cccc4c5sc6ccccc6c5n3c14)C(C)(C)CCC2(C)C. The van der Waals surface area contributed by atoms with Gasteiger partial charge in [0.05, 0.1) is 26.6 Å². The number of rotatable bonds is 1. The molecule has 0 unspecified atom stereocenters. The lowest BCUT2D eigenvalue weighted by Gasteiger charge is -2.44. The summed E-state index contributed by atoms with van der Waals surface area (Å²) in [4.78, 5) is 2.77. The van der Waals surface area contributed by atoms with Gasteiger partial charge in [-0.3, -0.25) is 0 Å². The van der Waals surface area contributed by atoms with E-state index in [1.54, 1.807) is 0 Å². The first-order chi connectivity index (χ1) is 27.5. The fourth-order valence-corrected chi connectivity index (χ4v) is 14.2. The number of aromatic nitrogens is 1. The lowest BCUT2D eigenvalue weighted by molar-refractivity contribution is 0.332. The largest absolute Gasteiger partial charge is 0.374 e. The van der Waals surface area contributed by atoms with Crippen LogP contribution in [0.3, 0.4) is 0 Å². The fourth-order valence-electron chi connectivity index (χ4n) is 11.8. The minimum Gasteiger partial charge on any atom is -0.374 e. The van der Waals surface area contributed by atoms with Gasteiger partial charge in [0.15, 0.2) is 0 Å². The molecule has 9 aromatic rings. The minimum atomic E-state index is -0.153. The zero-order valence-corrected chi connectivity index (χ0v) is 35.2. The number of hydrogen-bond donors (Lipinski definition) is 0. The van der Waals surface area contributed by atoms with Crippen LogP contribution in [-0.4, -0.2) is 11.3 Å². The number of para-hydroxylation sites is 1. The van der Waals surface area contributed by atoms with Crippen molar-refractivity contribution in [3.05, 3.63) is 137 Å². The van der Waals surface area contributed by atoms with Crippen LogP contribution in [0.25, 0.3) is 63.5 Å². The summed E-state index contributed by atoms with van der Waals surface area (Å²) >= 11 is 3.95. The molecule has 57 heavy (non-hydrogen) atoms. The maximum atomic E-state index is 2.80. The van der Waals surface area contributed by atoms with E-state index in [0.717, 1.165) is 0 Å². The average molecular weight is 771 g/mol. The Labute approximate surface area is 342 Å². The smallest absolute Gasteiger partial charge is 0.334 e. The molecule has 5 heteroatoms. The van der Waals surface area contributed by atoms with Gasteiger partial charge in [-0.15, -0.1) is 22.7 Å². The third-order valence-corrected chi connectivity index (χ3v) is 17.1. The summed E-state index contributed by atoms with van der Waals surface area (Å²) in [5.74, 6) is 0. The molecule has 2 aliphatic carbocycles. The van der Waals surface area contributed by atoms with Gasteiger partial charge in [-0.25, -0.2) is 0 Å². The van der Waals surface area contributed by atoms with E-state index in [1.165, 1.54) is 132 Å². The summed E-state index contributed by atoms with van der Waals surface area (Å²) < 4.78 is 6.91. The third kappa shape index (κ3) is 3.89. The number of hydrogen-bond acceptors (Lipinski definition) is 3. The lowest BCUT2D eigenvalue weighted by Crippen LogP contribution is -2.56. The van der Waals surface area contributed by atoms with E-state index in [2.05, 4.69) is 167 Å². The Morgan fingerprint density at radius 1 is 0.561 bits per heavy atom. The Kier molecular flexibility index (Phi) is 6.06. The highest BCUT2D eigenvalue weighted by Crippen LogP contribution is 2.60. The Hall–Kier alpha value is -5.10. The number of nitrogens with zero attached hydrogens (tertiary/aromatic N) is 2.